The highest BCUT2D eigenvalue weighted by atomic mass is 35.5. The van der Waals surface area contributed by atoms with Gasteiger partial charge in [0, 0.05) is 23.5 Å². The maximum atomic E-state index is 12.4. The molecule has 0 aliphatic carbocycles. The Hall–Kier alpha value is -3.20. The van der Waals surface area contributed by atoms with Crippen LogP contribution in [0.5, 0.6) is 5.75 Å². The molecule has 1 aromatic carbocycles. The fourth-order valence-electron chi connectivity index (χ4n) is 2.45. The van der Waals surface area contributed by atoms with Crippen molar-refractivity contribution in [1.29, 1.82) is 0 Å². The highest BCUT2D eigenvalue weighted by Crippen LogP contribution is 2.30. The molecule has 2 N–H and O–H groups in total. The van der Waals surface area contributed by atoms with E-state index < -0.39 is 12.1 Å². The van der Waals surface area contributed by atoms with Crippen molar-refractivity contribution in [3.63, 3.8) is 0 Å². The highest BCUT2D eigenvalue weighted by molar-refractivity contribution is 6.31. The first-order valence-electron chi connectivity index (χ1n) is 8.08. The minimum absolute atomic E-state index is 0.369. The van der Waals surface area contributed by atoms with Crippen molar-refractivity contribution in [3.05, 3.63) is 53.3 Å². The first-order valence-corrected chi connectivity index (χ1v) is 8.46. The van der Waals surface area contributed by atoms with Crippen LogP contribution in [0.3, 0.4) is 0 Å². The van der Waals surface area contributed by atoms with Crippen LogP contribution >= 0.6 is 11.6 Å². The van der Waals surface area contributed by atoms with Gasteiger partial charge in [0.2, 0.25) is 0 Å². The number of methoxy groups -OCH3 is 1. The van der Waals surface area contributed by atoms with Crippen molar-refractivity contribution in [1.82, 2.24) is 30.0 Å². The third-order valence-electron chi connectivity index (χ3n) is 3.78. The number of aryl methyl sites for hydroxylation is 1. The number of halogens is 1. The lowest BCUT2D eigenvalue weighted by Gasteiger charge is -2.16. The Bertz CT molecular complexity index is 946. The van der Waals surface area contributed by atoms with E-state index in [4.69, 9.17) is 16.3 Å². The molecule has 27 heavy (non-hydrogen) atoms. The van der Waals surface area contributed by atoms with Gasteiger partial charge in [-0.05, 0) is 31.5 Å². The number of carbonyl (C=O) groups is 1. The zero-order valence-electron chi connectivity index (χ0n) is 15.0. The summed E-state index contributed by atoms with van der Waals surface area (Å²) in [6.45, 7) is 3.63. The summed E-state index contributed by atoms with van der Waals surface area (Å²) in [5, 5.41) is 10.2. The molecule has 9 nitrogen and oxygen atoms in total. The smallest absolute Gasteiger partial charge is 0.319 e. The second kappa shape index (κ2) is 8.00. The molecular weight excluding hydrogens is 370 g/mol. The van der Waals surface area contributed by atoms with Crippen molar-refractivity contribution in [2.45, 2.75) is 19.9 Å². The minimum atomic E-state index is -0.448. The molecule has 3 rings (SSSR count). The van der Waals surface area contributed by atoms with Crippen LogP contribution in [0.15, 0.2) is 36.9 Å². The van der Waals surface area contributed by atoms with Gasteiger partial charge < -0.3 is 15.4 Å². The van der Waals surface area contributed by atoms with Crippen LogP contribution < -0.4 is 15.4 Å². The molecule has 0 saturated heterocycles. The van der Waals surface area contributed by atoms with Crippen molar-refractivity contribution in [2.24, 2.45) is 0 Å². The Morgan fingerprint density at radius 2 is 2.00 bits per heavy atom. The zero-order valence-corrected chi connectivity index (χ0v) is 15.7. The van der Waals surface area contributed by atoms with Gasteiger partial charge in [-0.1, -0.05) is 11.6 Å². The lowest BCUT2D eigenvalue weighted by molar-refractivity contribution is 0.248. The van der Waals surface area contributed by atoms with E-state index in [1.165, 1.54) is 18.1 Å². The van der Waals surface area contributed by atoms with Crippen LogP contribution in [0.4, 0.5) is 10.5 Å². The maximum Gasteiger partial charge on any atom is 0.319 e. The number of benzene rings is 1. The molecule has 2 aromatic heterocycles. The number of carbonyl (C=O) groups excluding carboxylic acids is 1. The number of nitrogens with one attached hydrogen (secondary N) is 2. The van der Waals surface area contributed by atoms with Gasteiger partial charge in [-0.25, -0.2) is 19.7 Å². The normalized spacial score (nSPS) is 11.7. The third kappa shape index (κ3) is 4.14. The van der Waals surface area contributed by atoms with Crippen LogP contribution in [0.2, 0.25) is 5.02 Å². The van der Waals surface area contributed by atoms with Gasteiger partial charge in [-0.15, -0.1) is 0 Å². The van der Waals surface area contributed by atoms with Gasteiger partial charge in [0.05, 0.1) is 18.8 Å². The van der Waals surface area contributed by atoms with Gasteiger partial charge in [-0.2, -0.15) is 9.78 Å². The number of amides is 2. The topological polar surface area (TPSA) is 107 Å². The molecule has 2 heterocycles. The maximum absolute atomic E-state index is 12.4. The number of hydrogen-bond donors (Lipinski definition) is 2. The number of ether oxygens (including phenoxy) is 1. The van der Waals surface area contributed by atoms with Gasteiger partial charge in [-0.3, -0.25) is 0 Å². The van der Waals surface area contributed by atoms with E-state index in [9.17, 15) is 4.79 Å². The summed E-state index contributed by atoms with van der Waals surface area (Å²) in [7, 11) is 1.51. The Morgan fingerprint density at radius 3 is 2.70 bits per heavy atom. The van der Waals surface area contributed by atoms with Crippen LogP contribution in [0.25, 0.3) is 5.95 Å². The lowest BCUT2D eigenvalue weighted by Crippen LogP contribution is -2.33. The van der Waals surface area contributed by atoms with E-state index in [0.717, 1.165) is 5.56 Å². The predicted octanol–water partition coefficient (Wildman–Crippen LogP) is 2.91. The summed E-state index contributed by atoms with van der Waals surface area (Å²) in [5.41, 5.74) is 1.33. The van der Waals surface area contributed by atoms with Crippen molar-refractivity contribution in [2.75, 3.05) is 12.4 Å². The fourth-order valence-corrected chi connectivity index (χ4v) is 2.60. The average molecular weight is 388 g/mol. The molecule has 3 aromatic rings. The summed E-state index contributed by atoms with van der Waals surface area (Å²) >= 11 is 6.09. The van der Waals surface area contributed by atoms with E-state index >= 15 is 0 Å². The highest BCUT2D eigenvalue weighted by Gasteiger charge is 2.19. The lowest BCUT2D eigenvalue weighted by atomic mass is 10.2. The van der Waals surface area contributed by atoms with Gasteiger partial charge in [0.1, 0.15) is 12.1 Å². The number of anilines is 1. The number of aromatic nitrogens is 5. The number of rotatable bonds is 5. The molecule has 0 saturated carbocycles. The second-order valence-electron chi connectivity index (χ2n) is 5.70. The fraction of sp³-hybridized carbons (Fsp3) is 0.235. The number of nitrogens with zero attached hydrogens (tertiary/aromatic N) is 5. The standard InChI is InChI=1S/C17H18ClN7O2/c1-10-7-13(14(27-3)8-12(10)18)24-17(26)23-11(2)15-21-9-22-25(15)16-19-5-4-6-20-16/h4-9,11H,1-3H3,(H2,23,24,26). The summed E-state index contributed by atoms with van der Waals surface area (Å²) in [6.07, 6.45) is 4.59. The average Bonchev–Trinajstić information content (AvgIpc) is 3.15. The molecule has 0 bridgehead atoms. The Labute approximate surface area is 160 Å². The van der Waals surface area contributed by atoms with Crippen LogP contribution in [0.1, 0.15) is 24.4 Å². The van der Waals surface area contributed by atoms with Crippen molar-refractivity contribution in [3.8, 4) is 11.7 Å². The van der Waals surface area contributed by atoms with E-state index in [2.05, 4.69) is 30.7 Å². The largest absolute Gasteiger partial charge is 0.495 e. The third-order valence-corrected chi connectivity index (χ3v) is 4.19. The molecular formula is C17H18ClN7O2. The Kier molecular flexibility index (Phi) is 5.51. The van der Waals surface area contributed by atoms with Crippen LogP contribution in [-0.2, 0) is 0 Å². The number of urea groups is 1. The molecule has 1 unspecified atom stereocenters. The first-order chi connectivity index (χ1) is 13.0. The monoisotopic (exact) mass is 387 g/mol. The summed E-state index contributed by atoms with van der Waals surface area (Å²) in [4.78, 5) is 24.9. The Balaban J connectivity index is 1.74. The van der Waals surface area contributed by atoms with E-state index in [-0.39, 0.29) is 0 Å². The summed E-state index contributed by atoms with van der Waals surface area (Å²) in [5.74, 6) is 1.33. The quantitative estimate of drug-likeness (QED) is 0.697. The van der Waals surface area contributed by atoms with E-state index in [1.54, 1.807) is 37.5 Å². The van der Waals surface area contributed by atoms with E-state index in [0.29, 0.717) is 28.2 Å². The Morgan fingerprint density at radius 1 is 1.26 bits per heavy atom. The summed E-state index contributed by atoms with van der Waals surface area (Å²) in [6, 6.07) is 4.23. The van der Waals surface area contributed by atoms with Crippen LogP contribution in [-0.4, -0.2) is 37.9 Å². The van der Waals surface area contributed by atoms with Gasteiger partial charge in [0.25, 0.3) is 5.95 Å². The molecule has 10 heteroatoms. The predicted molar refractivity (Wildman–Crippen MR) is 100 cm³/mol. The van der Waals surface area contributed by atoms with Gasteiger partial charge in [0.15, 0.2) is 5.82 Å². The molecule has 0 fully saturated rings. The molecule has 0 radical (unpaired) electrons. The molecule has 140 valence electrons. The number of hydrogen-bond acceptors (Lipinski definition) is 6. The minimum Gasteiger partial charge on any atom is -0.495 e. The summed E-state index contributed by atoms with van der Waals surface area (Å²) < 4.78 is 6.74. The van der Waals surface area contributed by atoms with Gasteiger partial charge >= 0.3 is 6.03 Å². The van der Waals surface area contributed by atoms with E-state index in [1.807, 2.05) is 6.92 Å². The van der Waals surface area contributed by atoms with Crippen molar-refractivity contribution >= 4 is 23.3 Å². The van der Waals surface area contributed by atoms with Crippen molar-refractivity contribution < 1.29 is 9.53 Å². The zero-order chi connectivity index (χ0) is 19.4. The molecule has 0 aliphatic rings. The molecule has 0 spiro atoms. The molecule has 2 amide bonds. The SMILES string of the molecule is COc1cc(Cl)c(C)cc1NC(=O)NC(C)c1ncnn1-c1ncccn1. The second-order valence-corrected chi connectivity index (χ2v) is 6.11. The first kappa shape index (κ1) is 18.6. The molecule has 0 aliphatic heterocycles. The molecule has 1 atom stereocenters. The van der Waals surface area contributed by atoms with Crippen LogP contribution in [0, 0.1) is 6.92 Å².